The van der Waals surface area contributed by atoms with Crippen molar-refractivity contribution in [2.45, 2.75) is 40.2 Å². The van der Waals surface area contributed by atoms with Gasteiger partial charge >= 0.3 is 0 Å². The predicted molar refractivity (Wildman–Crippen MR) is 57.6 cm³/mol. The van der Waals surface area contributed by atoms with Crippen molar-refractivity contribution in [3.05, 3.63) is 29.6 Å². The summed E-state index contributed by atoms with van der Waals surface area (Å²) < 4.78 is 0. The van der Waals surface area contributed by atoms with Crippen LogP contribution >= 0.6 is 0 Å². The summed E-state index contributed by atoms with van der Waals surface area (Å²) in [4.78, 5) is 4.12. The molecule has 0 atom stereocenters. The van der Waals surface area contributed by atoms with Crippen molar-refractivity contribution in [2.24, 2.45) is 5.73 Å². The van der Waals surface area contributed by atoms with Crippen molar-refractivity contribution in [1.29, 1.82) is 0 Å². The zero-order valence-electron chi connectivity index (χ0n) is 9.04. The van der Waals surface area contributed by atoms with Crippen LogP contribution < -0.4 is 5.73 Å². The average molecular weight is 180 g/mol. The lowest BCUT2D eigenvalue weighted by molar-refractivity contribution is 0.851. The minimum Gasteiger partial charge on any atom is -0.325 e. The molecular weight excluding hydrogens is 160 g/mol. The van der Waals surface area contributed by atoms with Gasteiger partial charge in [0.15, 0.2) is 0 Å². The van der Waals surface area contributed by atoms with Gasteiger partial charge in [0.1, 0.15) is 0 Å². The summed E-state index contributed by atoms with van der Waals surface area (Å²) in [5.41, 5.74) is 7.73. The number of pyridine rings is 1. The van der Waals surface area contributed by atoms with Crippen LogP contribution in [0.25, 0.3) is 0 Å². The molecule has 0 amide bonds. The number of hydrogen-bond donors (Lipinski definition) is 1. The highest BCUT2D eigenvalue weighted by Gasteiger charge is 1.98. The van der Waals surface area contributed by atoms with Crippen molar-refractivity contribution in [3.63, 3.8) is 0 Å². The van der Waals surface area contributed by atoms with E-state index in [-0.39, 0.29) is 0 Å². The Morgan fingerprint density at radius 3 is 2.46 bits per heavy atom. The van der Waals surface area contributed by atoms with Gasteiger partial charge in [-0.15, -0.1) is 0 Å². The highest BCUT2D eigenvalue weighted by atomic mass is 14.7. The van der Waals surface area contributed by atoms with Crippen LogP contribution in [0.3, 0.4) is 0 Å². The fraction of sp³-hybridized carbons (Fsp3) is 0.545. The molecule has 0 saturated carbocycles. The third-order valence-corrected chi connectivity index (χ3v) is 1.72. The van der Waals surface area contributed by atoms with Gasteiger partial charge < -0.3 is 5.73 Å². The standard InChI is InChI=1S/C9H14N2.C2H6/c1-7(2)8-3-4-11-9(5-8)6-10;1-2/h3-5,7H,6,10H2,1-2H3;1-2H3. The summed E-state index contributed by atoms with van der Waals surface area (Å²) in [7, 11) is 0. The number of hydrogen-bond acceptors (Lipinski definition) is 2. The smallest absolute Gasteiger partial charge is 0.0542 e. The van der Waals surface area contributed by atoms with Crippen LogP contribution in [0.5, 0.6) is 0 Å². The van der Waals surface area contributed by atoms with Gasteiger partial charge in [-0.1, -0.05) is 27.7 Å². The van der Waals surface area contributed by atoms with Gasteiger partial charge in [-0.3, -0.25) is 4.98 Å². The van der Waals surface area contributed by atoms with Crippen molar-refractivity contribution in [3.8, 4) is 0 Å². The van der Waals surface area contributed by atoms with E-state index < -0.39 is 0 Å². The summed E-state index contributed by atoms with van der Waals surface area (Å²) >= 11 is 0. The molecule has 0 aromatic carbocycles. The summed E-state index contributed by atoms with van der Waals surface area (Å²) in [6.07, 6.45) is 1.82. The Balaban J connectivity index is 0.000000671. The average Bonchev–Trinajstić information content (AvgIpc) is 2.21. The molecule has 0 spiro atoms. The van der Waals surface area contributed by atoms with Gasteiger partial charge in [-0.2, -0.15) is 0 Å². The third-order valence-electron chi connectivity index (χ3n) is 1.72. The fourth-order valence-electron chi connectivity index (χ4n) is 0.968. The van der Waals surface area contributed by atoms with E-state index in [2.05, 4.69) is 24.9 Å². The molecule has 1 heterocycles. The minimum atomic E-state index is 0.528. The molecule has 2 nitrogen and oxygen atoms in total. The van der Waals surface area contributed by atoms with Crippen LogP contribution in [0.2, 0.25) is 0 Å². The van der Waals surface area contributed by atoms with Crippen LogP contribution in [0.15, 0.2) is 18.3 Å². The van der Waals surface area contributed by atoms with E-state index in [0.717, 1.165) is 5.69 Å². The third kappa shape index (κ3) is 4.04. The minimum absolute atomic E-state index is 0.528. The van der Waals surface area contributed by atoms with Crippen LogP contribution in [-0.2, 0) is 6.54 Å². The number of nitrogens with two attached hydrogens (primary N) is 1. The van der Waals surface area contributed by atoms with Gasteiger partial charge in [0, 0.05) is 12.7 Å². The lowest BCUT2D eigenvalue weighted by Crippen LogP contribution is -2.00. The Hall–Kier alpha value is -0.890. The number of rotatable bonds is 2. The van der Waals surface area contributed by atoms with E-state index in [1.54, 1.807) is 0 Å². The molecule has 0 aliphatic rings. The van der Waals surface area contributed by atoms with E-state index in [1.807, 2.05) is 26.1 Å². The second kappa shape index (κ2) is 6.61. The maximum absolute atomic E-state index is 5.46. The van der Waals surface area contributed by atoms with Crippen LogP contribution in [0.1, 0.15) is 44.9 Å². The first kappa shape index (κ1) is 12.1. The molecule has 0 unspecified atom stereocenters. The second-order valence-corrected chi connectivity index (χ2v) is 2.94. The summed E-state index contributed by atoms with van der Waals surface area (Å²) in [6, 6.07) is 4.09. The first-order valence-electron chi connectivity index (χ1n) is 4.89. The molecule has 0 radical (unpaired) electrons. The molecule has 0 aliphatic heterocycles. The van der Waals surface area contributed by atoms with Gasteiger partial charge in [0.05, 0.1) is 5.69 Å². The highest BCUT2D eigenvalue weighted by Crippen LogP contribution is 2.13. The lowest BCUT2D eigenvalue weighted by atomic mass is 10.0. The topological polar surface area (TPSA) is 38.9 Å². The van der Waals surface area contributed by atoms with Crippen molar-refractivity contribution in [2.75, 3.05) is 0 Å². The zero-order chi connectivity index (χ0) is 10.3. The zero-order valence-corrected chi connectivity index (χ0v) is 9.04. The van der Waals surface area contributed by atoms with Crippen molar-refractivity contribution < 1.29 is 0 Å². The van der Waals surface area contributed by atoms with Crippen molar-refractivity contribution >= 4 is 0 Å². The van der Waals surface area contributed by atoms with Crippen LogP contribution in [-0.4, -0.2) is 4.98 Å². The van der Waals surface area contributed by atoms with Gasteiger partial charge in [-0.05, 0) is 23.6 Å². The van der Waals surface area contributed by atoms with Crippen LogP contribution in [0, 0.1) is 0 Å². The molecule has 0 saturated heterocycles. The van der Waals surface area contributed by atoms with E-state index in [1.165, 1.54) is 5.56 Å². The van der Waals surface area contributed by atoms with Crippen LogP contribution in [0.4, 0.5) is 0 Å². The van der Waals surface area contributed by atoms with Gasteiger partial charge in [0.25, 0.3) is 0 Å². The fourth-order valence-corrected chi connectivity index (χ4v) is 0.968. The Kier molecular flexibility index (Phi) is 6.15. The van der Waals surface area contributed by atoms with Gasteiger partial charge in [0.2, 0.25) is 0 Å². The van der Waals surface area contributed by atoms with E-state index >= 15 is 0 Å². The van der Waals surface area contributed by atoms with E-state index in [0.29, 0.717) is 12.5 Å². The van der Waals surface area contributed by atoms with E-state index in [9.17, 15) is 0 Å². The molecule has 1 aromatic heterocycles. The Bertz CT molecular complexity index is 231. The largest absolute Gasteiger partial charge is 0.325 e. The molecule has 1 rings (SSSR count). The first-order chi connectivity index (χ1) is 6.24. The quantitative estimate of drug-likeness (QED) is 0.760. The molecule has 13 heavy (non-hydrogen) atoms. The Morgan fingerprint density at radius 1 is 1.38 bits per heavy atom. The Morgan fingerprint density at radius 2 is 2.00 bits per heavy atom. The molecule has 1 aromatic rings. The first-order valence-corrected chi connectivity index (χ1v) is 4.89. The predicted octanol–water partition coefficient (Wildman–Crippen LogP) is 2.69. The number of aromatic nitrogens is 1. The second-order valence-electron chi connectivity index (χ2n) is 2.94. The molecular formula is C11H20N2. The Labute approximate surface area is 81.2 Å². The van der Waals surface area contributed by atoms with Crippen molar-refractivity contribution in [1.82, 2.24) is 4.98 Å². The monoisotopic (exact) mass is 180 g/mol. The van der Waals surface area contributed by atoms with Gasteiger partial charge in [-0.25, -0.2) is 0 Å². The summed E-state index contributed by atoms with van der Waals surface area (Å²) in [6.45, 7) is 8.85. The maximum atomic E-state index is 5.46. The maximum Gasteiger partial charge on any atom is 0.0542 e. The summed E-state index contributed by atoms with van der Waals surface area (Å²) in [5, 5.41) is 0. The summed E-state index contributed by atoms with van der Waals surface area (Å²) in [5.74, 6) is 0.559. The SMILES string of the molecule is CC.CC(C)c1ccnc(CN)c1. The normalized spacial score (nSPS) is 9.38. The number of nitrogens with zero attached hydrogens (tertiary/aromatic N) is 1. The lowest BCUT2D eigenvalue weighted by Gasteiger charge is -2.05. The molecule has 2 heteroatoms. The molecule has 0 bridgehead atoms. The molecule has 2 N–H and O–H groups in total. The highest BCUT2D eigenvalue weighted by molar-refractivity contribution is 5.19. The molecule has 74 valence electrons. The van der Waals surface area contributed by atoms with E-state index in [4.69, 9.17) is 5.73 Å². The molecule has 0 fully saturated rings. The molecule has 0 aliphatic carbocycles.